The number of nitrogens with one attached hydrogen (secondary N) is 2. The third-order valence-corrected chi connectivity index (χ3v) is 9.34. The number of alkyl carbamates (subject to hydrolysis) is 2. The summed E-state index contributed by atoms with van der Waals surface area (Å²) in [5.74, 6) is 42.3. The van der Waals surface area contributed by atoms with Crippen LogP contribution in [0.5, 0.6) is 11.5 Å². The van der Waals surface area contributed by atoms with Crippen LogP contribution in [-0.2, 0) is 28.5 Å². The van der Waals surface area contributed by atoms with Gasteiger partial charge in [0.15, 0.2) is 12.2 Å². The molecule has 0 spiro atoms. The van der Waals surface area contributed by atoms with Crippen molar-refractivity contribution in [3.63, 3.8) is 0 Å². The Kier molecular flexibility index (Phi) is 22.5. The van der Waals surface area contributed by atoms with Gasteiger partial charge < -0.3 is 39.1 Å². The maximum absolute atomic E-state index is 13.4. The Morgan fingerprint density at radius 2 is 1.01 bits per heavy atom. The van der Waals surface area contributed by atoms with E-state index in [-0.39, 0.29) is 55.6 Å². The van der Waals surface area contributed by atoms with Crippen LogP contribution >= 0.6 is 0 Å². The van der Waals surface area contributed by atoms with E-state index in [1.54, 1.807) is 62.4 Å². The minimum atomic E-state index is -0.978. The fourth-order valence-corrected chi connectivity index (χ4v) is 6.75. The molecule has 2 amide bonds. The summed E-state index contributed by atoms with van der Waals surface area (Å²) in [5.41, 5.74) is 1.00. The summed E-state index contributed by atoms with van der Waals surface area (Å²) in [6, 6.07) is 13.4. The molecular weight excluding hydrogens is 861 g/mol. The van der Waals surface area contributed by atoms with Crippen LogP contribution in [0.2, 0.25) is 0 Å². The van der Waals surface area contributed by atoms with Crippen LogP contribution in [0.25, 0.3) is 0 Å². The Bertz CT molecular complexity index is 2690. The first kappa shape index (κ1) is 53.8. The third-order valence-electron chi connectivity index (χ3n) is 9.34. The molecule has 2 aromatic carbocycles. The first-order valence-corrected chi connectivity index (χ1v) is 21.4. The van der Waals surface area contributed by atoms with Gasteiger partial charge in [-0.25, -0.2) is 19.2 Å². The number of benzene rings is 2. The Hall–Kier alpha value is -8.52. The van der Waals surface area contributed by atoms with Gasteiger partial charge in [-0.1, -0.05) is 57.6 Å². The fraction of sp³-hybridized carbons (Fsp3) is 0.357. The molecule has 1 saturated carbocycles. The molecule has 1 fully saturated rings. The van der Waals surface area contributed by atoms with E-state index in [4.69, 9.17) is 28.4 Å². The minimum Gasteiger partial charge on any atom is -0.490 e. The molecule has 0 heterocycles. The van der Waals surface area contributed by atoms with Crippen LogP contribution in [0, 0.1) is 106 Å². The second-order valence-corrected chi connectivity index (χ2v) is 16.5. The largest absolute Gasteiger partial charge is 0.490 e. The molecule has 12 nitrogen and oxygen atoms in total. The summed E-state index contributed by atoms with van der Waals surface area (Å²) in [6.07, 6.45) is -1.63. The molecule has 2 aromatic rings. The van der Waals surface area contributed by atoms with E-state index in [1.165, 1.54) is 13.8 Å². The number of ether oxygens (including phenoxy) is 6. The molecule has 0 radical (unpaired) electrons. The molecule has 1 aliphatic carbocycles. The first-order valence-electron chi connectivity index (χ1n) is 21.4. The van der Waals surface area contributed by atoms with Crippen molar-refractivity contribution in [2.75, 3.05) is 33.0 Å². The quantitative estimate of drug-likeness (QED) is 0.0742. The van der Waals surface area contributed by atoms with Crippen LogP contribution in [0.4, 0.5) is 9.59 Å². The van der Waals surface area contributed by atoms with Gasteiger partial charge in [-0.05, 0) is 177 Å². The lowest BCUT2D eigenvalue weighted by atomic mass is 9.62. The van der Waals surface area contributed by atoms with E-state index in [0.717, 1.165) is 0 Å². The topological polar surface area (TPSA) is 148 Å². The molecule has 0 aromatic heterocycles. The van der Waals surface area contributed by atoms with Crippen LogP contribution in [0.1, 0.15) is 78.9 Å². The van der Waals surface area contributed by atoms with E-state index in [0.29, 0.717) is 41.9 Å². The molecule has 2 N–H and O–H groups in total. The number of esters is 2. The van der Waals surface area contributed by atoms with Gasteiger partial charge in [0, 0.05) is 34.9 Å². The van der Waals surface area contributed by atoms with Crippen molar-refractivity contribution in [2.45, 2.75) is 86.0 Å². The highest BCUT2D eigenvalue weighted by Crippen LogP contribution is 2.45. The minimum absolute atomic E-state index is 0.129. The number of amides is 2. The maximum atomic E-state index is 13.4. The predicted octanol–water partition coefficient (Wildman–Crippen LogP) is 6.92. The van der Waals surface area contributed by atoms with Gasteiger partial charge in [0.05, 0.1) is 0 Å². The highest BCUT2D eigenvalue weighted by molar-refractivity contribution is 5.87. The molecule has 68 heavy (non-hydrogen) atoms. The van der Waals surface area contributed by atoms with Crippen molar-refractivity contribution >= 4 is 24.1 Å². The van der Waals surface area contributed by atoms with Gasteiger partial charge in [0.2, 0.25) is 0 Å². The van der Waals surface area contributed by atoms with E-state index < -0.39 is 41.7 Å². The second kappa shape index (κ2) is 28.4. The summed E-state index contributed by atoms with van der Waals surface area (Å²) in [7, 11) is 0. The zero-order valence-corrected chi connectivity index (χ0v) is 39.5. The van der Waals surface area contributed by atoms with Crippen molar-refractivity contribution < 1.29 is 47.6 Å². The van der Waals surface area contributed by atoms with Gasteiger partial charge in [0.25, 0.3) is 0 Å². The van der Waals surface area contributed by atoms with Gasteiger partial charge in [0.1, 0.15) is 37.9 Å². The molecule has 4 unspecified atom stereocenters. The van der Waals surface area contributed by atoms with Crippen LogP contribution < -0.4 is 20.1 Å². The van der Waals surface area contributed by atoms with E-state index in [2.05, 4.69) is 132 Å². The smallest absolute Gasteiger partial charge is 0.407 e. The summed E-state index contributed by atoms with van der Waals surface area (Å²) in [4.78, 5) is 51.2. The van der Waals surface area contributed by atoms with Gasteiger partial charge >= 0.3 is 24.1 Å². The zero-order valence-electron chi connectivity index (χ0n) is 39.5. The normalized spacial score (nSPS) is 15.3. The molecule has 4 atom stereocenters. The number of hydrogen-bond acceptors (Lipinski definition) is 10. The highest BCUT2D eigenvalue weighted by Gasteiger charge is 2.42. The summed E-state index contributed by atoms with van der Waals surface area (Å²) in [5, 5.41) is 5.83. The summed E-state index contributed by atoms with van der Waals surface area (Å²) >= 11 is 0. The fourth-order valence-electron chi connectivity index (χ4n) is 6.75. The van der Waals surface area contributed by atoms with Crippen molar-refractivity contribution in [3.05, 3.63) is 84.0 Å². The summed E-state index contributed by atoms with van der Waals surface area (Å²) < 4.78 is 33.9. The van der Waals surface area contributed by atoms with Gasteiger partial charge in [-0.2, -0.15) is 0 Å². The van der Waals surface area contributed by atoms with Gasteiger partial charge in [-0.15, -0.1) is 0 Å². The average molecular weight is 915 g/mol. The Morgan fingerprint density at radius 1 is 0.603 bits per heavy atom. The number of carbonyl (C=O) groups excluding carboxylic acids is 4. The van der Waals surface area contributed by atoms with Crippen molar-refractivity contribution in [3.8, 4) is 106 Å². The van der Waals surface area contributed by atoms with E-state index in [1.807, 2.05) is 6.92 Å². The van der Waals surface area contributed by atoms with Crippen LogP contribution in [0.3, 0.4) is 0 Å². The van der Waals surface area contributed by atoms with Crippen molar-refractivity contribution in [1.29, 1.82) is 0 Å². The Morgan fingerprint density at radius 3 is 1.44 bits per heavy atom. The lowest BCUT2D eigenvalue weighted by Crippen LogP contribution is -2.51. The lowest BCUT2D eigenvalue weighted by molar-refractivity contribution is -0.143. The number of carbonyl (C=O) groups is 4. The standard InChI is InChI=1S/C56H54N2O10/c1-10-12-14-16-18-20-22-24-44-26-30-47(31-27-44)63-36-49(38-65-51(59)42(3)4)67-53(61)57-41-56(9)35-46(34-55(7,8)40-56)58-54(62)68-50(39-66-52(60)43(5)6)37-64-48-32-28-45(29-33-48)25-23-21-19-17-15-13-11-2/h26-33,46,49-50H,3,5,34-41H2,1-2,4,6-9H3,(H,57,61)(H,58,62). The Balaban J connectivity index is 1.62. The van der Waals surface area contributed by atoms with Crippen LogP contribution in [-0.4, -0.2) is 75.3 Å². The Labute approximate surface area is 401 Å². The molecule has 0 saturated heterocycles. The maximum Gasteiger partial charge on any atom is 0.407 e. The molecule has 0 bridgehead atoms. The molecule has 1 aliphatic rings. The zero-order chi connectivity index (χ0) is 49.8. The molecule has 12 heteroatoms. The molecule has 3 rings (SSSR count). The summed E-state index contributed by atoms with van der Waals surface area (Å²) in [6.45, 7) is 19.2. The molecular formula is C56H54N2O10. The van der Waals surface area contributed by atoms with E-state index in [9.17, 15) is 19.2 Å². The average Bonchev–Trinajstić information content (AvgIpc) is 3.29. The monoisotopic (exact) mass is 914 g/mol. The SMILES string of the molecule is C=C(C)C(=O)OCC(COc1ccc(C#CC#CC#CC#CC)cc1)OC(=O)NCC1(C)CC(NC(=O)OC(COC(=O)C(=C)C)COc2ccc(C#CC#CC#CC#CC)cc2)CC(C)(C)C1. The molecule has 0 aliphatic heterocycles. The second-order valence-electron chi connectivity index (χ2n) is 16.5. The van der Waals surface area contributed by atoms with Crippen molar-refractivity contribution in [1.82, 2.24) is 10.6 Å². The van der Waals surface area contributed by atoms with Crippen LogP contribution in [0.15, 0.2) is 72.8 Å². The predicted molar refractivity (Wildman–Crippen MR) is 258 cm³/mol. The molecule has 348 valence electrons. The van der Waals surface area contributed by atoms with Crippen molar-refractivity contribution in [2.24, 2.45) is 10.8 Å². The third kappa shape index (κ3) is 21.9. The number of hydrogen-bond donors (Lipinski definition) is 2. The van der Waals surface area contributed by atoms with Gasteiger partial charge in [-0.3, -0.25) is 0 Å². The highest BCUT2D eigenvalue weighted by atomic mass is 16.6. The van der Waals surface area contributed by atoms with E-state index >= 15 is 0 Å². The first-order chi connectivity index (χ1) is 32.5. The lowest BCUT2D eigenvalue weighted by Gasteiger charge is -2.46. The number of rotatable bonds is 17.